The standard InChI is InChI=1S/C25H31N3O/c1-5-27-17(2)14-15-21-12-9-13-22-24(21)23(25(29)18(3)26)19(4)28(22)16-20-10-7-6-8-11-20/h7,9-13,27H,2-3,5-6,8,14-16,26H2,1,4H3. The lowest BCUT2D eigenvalue weighted by atomic mass is 9.97. The predicted molar refractivity (Wildman–Crippen MR) is 122 cm³/mol. The third kappa shape index (κ3) is 4.37. The summed E-state index contributed by atoms with van der Waals surface area (Å²) >= 11 is 0. The van der Waals surface area contributed by atoms with Crippen molar-refractivity contribution in [3.05, 3.63) is 83.4 Å². The third-order valence-corrected chi connectivity index (χ3v) is 5.49. The van der Waals surface area contributed by atoms with Gasteiger partial charge in [-0.1, -0.05) is 43.5 Å². The number of carbonyl (C=O) groups is 1. The minimum absolute atomic E-state index is 0.0794. The number of hydrogen-bond donors (Lipinski definition) is 2. The van der Waals surface area contributed by atoms with Gasteiger partial charge in [-0.2, -0.15) is 0 Å². The van der Waals surface area contributed by atoms with Gasteiger partial charge in [0.2, 0.25) is 5.78 Å². The summed E-state index contributed by atoms with van der Waals surface area (Å²) in [6.07, 6.45) is 10.5. The van der Waals surface area contributed by atoms with Crippen molar-refractivity contribution in [2.45, 2.75) is 46.1 Å². The van der Waals surface area contributed by atoms with Crippen molar-refractivity contribution in [1.29, 1.82) is 0 Å². The van der Waals surface area contributed by atoms with Crippen molar-refractivity contribution in [3.63, 3.8) is 0 Å². The summed E-state index contributed by atoms with van der Waals surface area (Å²) in [6.45, 7) is 13.5. The number of benzene rings is 1. The number of hydrogen-bond acceptors (Lipinski definition) is 3. The van der Waals surface area contributed by atoms with Crippen molar-refractivity contribution in [2.24, 2.45) is 5.73 Å². The summed E-state index contributed by atoms with van der Waals surface area (Å²) in [5.74, 6) is -0.183. The normalized spacial score (nSPS) is 13.4. The molecule has 1 heterocycles. The number of nitrogens with two attached hydrogens (primary N) is 1. The molecule has 3 rings (SSSR count). The van der Waals surface area contributed by atoms with Crippen molar-refractivity contribution < 1.29 is 4.79 Å². The van der Waals surface area contributed by atoms with E-state index < -0.39 is 0 Å². The molecule has 0 atom stereocenters. The molecule has 4 heteroatoms. The van der Waals surface area contributed by atoms with Crippen molar-refractivity contribution in [3.8, 4) is 0 Å². The topological polar surface area (TPSA) is 60.1 Å². The zero-order valence-corrected chi connectivity index (χ0v) is 17.6. The second kappa shape index (κ2) is 8.99. The van der Waals surface area contributed by atoms with Crippen LogP contribution in [0.25, 0.3) is 10.9 Å². The van der Waals surface area contributed by atoms with Gasteiger partial charge in [0.1, 0.15) is 0 Å². The van der Waals surface area contributed by atoms with Crippen LogP contribution in [0.5, 0.6) is 0 Å². The molecule has 1 aliphatic carbocycles. The molecule has 1 aromatic heterocycles. The molecule has 0 unspecified atom stereocenters. The van der Waals surface area contributed by atoms with Crippen molar-refractivity contribution >= 4 is 16.7 Å². The van der Waals surface area contributed by atoms with Crippen LogP contribution in [0, 0.1) is 6.92 Å². The summed E-state index contributed by atoms with van der Waals surface area (Å²) < 4.78 is 2.23. The van der Waals surface area contributed by atoms with Gasteiger partial charge in [-0.3, -0.25) is 4.79 Å². The molecule has 2 aromatic rings. The molecule has 0 radical (unpaired) electrons. The van der Waals surface area contributed by atoms with E-state index in [-0.39, 0.29) is 11.5 Å². The molecule has 1 aromatic carbocycles. The molecule has 152 valence electrons. The van der Waals surface area contributed by atoms with E-state index >= 15 is 0 Å². The molecule has 0 spiro atoms. The lowest BCUT2D eigenvalue weighted by Gasteiger charge is -2.12. The predicted octanol–water partition coefficient (Wildman–Crippen LogP) is 4.94. The van der Waals surface area contributed by atoms with Gasteiger partial charge >= 0.3 is 0 Å². The van der Waals surface area contributed by atoms with Crippen LogP contribution in [-0.4, -0.2) is 16.9 Å². The fourth-order valence-electron chi connectivity index (χ4n) is 4.04. The smallest absolute Gasteiger partial charge is 0.210 e. The van der Waals surface area contributed by atoms with Gasteiger partial charge < -0.3 is 15.6 Å². The van der Waals surface area contributed by atoms with E-state index in [0.717, 1.165) is 66.6 Å². The lowest BCUT2D eigenvalue weighted by Crippen LogP contribution is -2.13. The monoisotopic (exact) mass is 389 g/mol. The van der Waals surface area contributed by atoms with Crippen LogP contribution in [0.15, 0.2) is 66.6 Å². The zero-order chi connectivity index (χ0) is 21.0. The number of nitrogens with one attached hydrogen (secondary N) is 1. The van der Waals surface area contributed by atoms with E-state index in [2.05, 4.69) is 66.4 Å². The Morgan fingerprint density at radius 3 is 2.72 bits per heavy atom. The molecule has 4 nitrogen and oxygen atoms in total. The van der Waals surface area contributed by atoms with E-state index in [9.17, 15) is 4.79 Å². The second-order valence-corrected chi connectivity index (χ2v) is 7.60. The molecule has 3 N–H and O–H groups in total. The lowest BCUT2D eigenvalue weighted by molar-refractivity contribution is 0.103. The quantitative estimate of drug-likeness (QED) is 0.472. The maximum absolute atomic E-state index is 13.0. The van der Waals surface area contributed by atoms with Gasteiger partial charge in [-0.05, 0) is 56.7 Å². The number of carbonyl (C=O) groups excluding carboxylic acids is 1. The summed E-state index contributed by atoms with van der Waals surface area (Å²) in [7, 11) is 0. The number of nitrogens with zero attached hydrogens (tertiary/aromatic N) is 1. The number of allylic oxidation sites excluding steroid dienone is 6. The SMILES string of the molecule is C=C(CCc1cccc2c1c(C(=O)C(=C)N)c(C)n2CC1=CCCC=C1)NCC. The van der Waals surface area contributed by atoms with Crippen LogP contribution in [0.4, 0.5) is 0 Å². The molecule has 1 aliphatic rings. The van der Waals surface area contributed by atoms with E-state index in [1.54, 1.807) is 0 Å². The summed E-state index contributed by atoms with van der Waals surface area (Å²) in [6, 6.07) is 6.26. The highest BCUT2D eigenvalue weighted by Gasteiger charge is 2.23. The molecule has 29 heavy (non-hydrogen) atoms. The highest BCUT2D eigenvalue weighted by molar-refractivity contribution is 6.17. The molecule has 0 amide bonds. The Kier molecular flexibility index (Phi) is 6.42. The average Bonchev–Trinajstić information content (AvgIpc) is 2.99. The van der Waals surface area contributed by atoms with Gasteiger partial charge in [-0.15, -0.1) is 0 Å². The van der Waals surface area contributed by atoms with E-state index in [1.165, 1.54) is 5.57 Å². The molecule has 0 aliphatic heterocycles. The number of aromatic nitrogens is 1. The first-order chi connectivity index (χ1) is 13.9. The van der Waals surface area contributed by atoms with Gasteiger partial charge in [0.25, 0.3) is 0 Å². The minimum atomic E-state index is -0.183. The maximum atomic E-state index is 13.0. The summed E-state index contributed by atoms with van der Waals surface area (Å²) in [5.41, 5.74) is 12.0. The Balaban J connectivity index is 2.11. The summed E-state index contributed by atoms with van der Waals surface area (Å²) in [5, 5.41) is 4.27. The largest absolute Gasteiger partial charge is 0.396 e. The van der Waals surface area contributed by atoms with Gasteiger partial charge in [-0.25, -0.2) is 0 Å². The number of Topliss-reactive ketones (excluding diaryl/α,β-unsaturated/α-hetero) is 1. The van der Waals surface area contributed by atoms with Crippen LogP contribution >= 0.6 is 0 Å². The highest BCUT2D eigenvalue weighted by atomic mass is 16.1. The summed E-state index contributed by atoms with van der Waals surface area (Å²) in [4.78, 5) is 13.0. The van der Waals surface area contributed by atoms with Gasteiger partial charge in [0.05, 0.1) is 11.3 Å². The van der Waals surface area contributed by atoms with E-state index in [4.69, 9.17) is 5.73 Å². The first-order valence-corrected chi connectivity index (χ1v) is 10.3. The second-order valence-electron chi connectivity index (χ2n) is 7.60. The Bertz CT molecular complexity index is 1020. The Morgan fingerprint density at radius 2 is 2.07 bits per heavy atom. The average molecular weight is 390 g/mol. The van der Waals surface area contributed by atoms with E-state index in [0.29, 0.717) is 5.56 Å². The minimum Gasteiger partial charge on any atom is -0.396 e. The number of rotatable bonds is 9. The maximum Gasteiger partial charge on any atom is 0.210 e. The number of fused-ring (bicyclic) bond motifs is 1. The van der Waals surface area contributed by atoms with Crippen molar-refractivity contribution in [2.75, 3.05) is 6.54 Å². The van der Waals surface area contributed by atoms with Gasteiger partial charge in [0, 0.05) is 35.4 Å². The fraction of sp³-hybridized carbons (Fsp3) is 0.320. The molecular formula is C25H31N3O. The third-order valence-electron chi connectivity index (χ3n) is 5.49. The van der Waals surface area contributed by atoms with Crippen LogP contribution in [-0.2, 0) is 13.0 Å². The number of ketones is 1. The molecular weight excluding hydrogens is 358 g/mol. The van der Waals surface area contributed by atoms with Crippen LogP contribution in [0.2, 0.25) is 0 Å². The number of aryl methyl sites for hydroxylation is 1. The zero-order valence-electron chi connectivity index (χ0n) is 17.6. The Hall–Kier alpha value is -3.01. The van der Waals surface area contributed by atoms with Crippen molar-refractivity contribution in [1.82, 2.24) is 9.88 Å². The Labute approximate surface area is 173 Å². The Morgan fingerprint density at radius 1 is 1.28 bits per heavy atom. The van der Waals surface area contributed by atoms with Gasteiger partial charge in [0.15, 0.2) is 0 Å². The fourth-order valence-corrected chi connectivity index (χ4v) is 4.04. The van der Waals surface area contributed by atoms with Crippen LogP contribution in [0.1, 0.15) is 47.8 Å². The van der Waals surface area contributed by atoms with Crippen LogP contribution < -0.4 is 11.1 Å². The van der Waals surface area contributed by atoms with E-state index in [1.807, 2.05) is 6.92 Å². The molecule has 0 fully saturated rings. The first-order valence-electron chi connectivity index (χ1n) is 10.3. The highest BCUT2D eigenvalue weighted by Crippen LogP contribution is 2.32. The van der Waals surface area contributed by atoms with Crippen LogP contribution in [0.3, 0.4) is 0 Å². The molecule has 0 saturated heterocycles. The molecule has 0 saturated carbocycles. The first kappa shape index (κ1) is 20.7. The molecule has 0 bridgehead atoms.